The molecule has 4 nitrogen and oxygen atoms in total. The van der Waals surface area contributed by atoms with E-state index in [1.807, 2.05) is 60.7 Å². The summed E-state index contributed by atoms with van der Waals surface area (Å²) in [5.74, 6) is -0.0604. The molecule has 160 valence electrons. The Bertz CT molecular complexity index is 1060. The number of carbonyl (C=O) groups excluding carboxylic acids is 1. The Morgan fingerprint density at radius 1 is 0.839 bits per heavy atom. The molecule has 3 aromatic rings. The van der Waals surface area contributed by atoms with Crippen LogP contribution in [0, 0.1) is 0 Å². The lowest BCUT2D eigenvalue weighted by Gasteiger charge is -2.27. The largest absolute Gasteiger partial charge is 0.339 e. The molecule has 4 rings (SSSR count). The molecule has 1 saturated heterocycles. The second-order valence-corrected chi connectivity index (χ2v) is 10.1. The minimum atomic E-state index is -3.44. The van der Waals surface area contributed by atoms with E-state index in [1.165, 1.54) is 0 Å². The van der Waals surface area contributed by atoms with E-state index in [9.17, 15) is 13.2 Å². The lowest BCUT2D eigenvalue weighted by atomic mass is 9.88. The topological polar surface area (TPSA) is 54.5 Å². The van der Waals surface area contributed by atoms with Gasteiger partial charge in [-0.05, 0) is 36.1 Å². The summed E-state index contributed by atoms with van der Waals surface area (Å²) >= 11 is 0. The normalized spacial score (nSPS) is 16.5. The van der Waals surface area contributed by atoms with Gasteiger partial charge in [-0.3, -0.25) is 4.79 Å². The molecule has 0 N–H and O–H groups in total. The van der Waals surface area contributed by atoms with Crippen LogP contribution in [0.15, 0.2) is 95.9 Å². The summed E-state index contributed by atoms with van der Waals surface area (Å²) in [5, 5.41) is 0. The fourth-order valence-corrected chi connectivity index (χ4v) is 6.02. The molecule has 3 aromatic carbocycles. The van der Waals surface area contributed by atoms with Crippen molar-refractivity contribution in [3.8, 4) is 0 Å². The van der Waals surface area contributed by atoms with Gasteiger partial charge in [0.25, 0.3) is 0 Å². The van der Waals surface area contributed by atoms with Crippen LogP contribution < -0.4 is 0 Å². The highest BCUT2D eigenvalue weighted by molar-refractivity contribution is 7.91. The van der Waals surface area contributed by atoms with Crippen molar-refractivity contribution < 1.29 is 13.2 Å². The Hall–Kier alpha value is -2.92. The second kappa shape index (κ2) is 9.48. The van der Waals surface area contributed by atoms with Gasteiger partial charge in [0.15, 0.2) is 9.84 Å². The molecular weight excluding hydrogens is 406 g/mol. The lowest BCUT2D eigenvalue weighted by molar-refractivity contribution is -0.131. The summed E-state index contributed by atoms with van der Waals surface area (Å²) in [6, 6.07) is 28.3. The summed E-state index contributed by atoms with van der Waals surface area (Å²) < 4.78 is 25.8. The van der Waals surface area contributed by atoms with Gasteiger partial charge in [-0.25, -0.2) is 8.42 Å². The molecule has 1 atom stereocenters. The first-order valence-corrected chi connectivity index (χ1v) is 12.4. The van der Waals surface area contributed by atoms with Crippen LogP contribution in [0.2, 0.25) is 0 Å². The number of carbonyl (C=O) groups is 1. The third kappa shape index (κ3) is 5.05. The van der Waals surface area contributed by atoms with Crippen LogP contribution in [-0.4, -0.2) is 37.6 Å². The van der Waals surface area contributed by atoms with Gasteiger partial charge in [0.2, 0.25) is 5.91 Å². The van der Waals surface area contributed by atoms with Crippen LogP contribution >= 0.6 is 0 Å². The van der Waals surface area contributed by atoms with Crippen molar-refractivity contribution in [3.05, 3.63) is 102 Å². The van der Waals surface area contributed by atoms with Gasteiger partial charge >= 0.3 is 0 Å². The number of benzene rings is 3. The van der Waals surface area contributed by atoms with E-state index >= 15 is 0 Å². The predicted octanol–water partition coefficient (Wildman–Crippen LogP) is 4.67. The number of nitrogens with zero attached hydrogens (tertiary/aromatic N) is 1. The Labute approximate surface area is 184 Å². The molecule has 0 aliphatic carbocycles. The molecule has 1 aliphatic heterocycles. The Morgan fingerprint density at radius 2 is 1.35 bits per heavy atom. The molecule has 0 aromatic heterocycles. The first kappa shape index (κ1) is 21.3. The smallest absolute Gasteiger partial charge is 0.223 e. The number of likely N-dealkylation sites (tertiary alicyclic amines) is 1. The first-order valence-electron chi connectivity index (χ1n) is 10.7. The van der Waals surface area contributed by atoms with E-state index in [4.69, 9.17) is 0 Å². The predicted molar refractivity (Wildman–Crippen MR) is 123 cm³/mol. The van der Waals surface area contributed by atoms with Crippen molar-refractivity contribution in [1.82, 2.24) is 4.90 Å². The Morgan fingerprint density at radius 3 is 1.90 bits per heavy atom. The van der Waals surface area contributed by atoms with E-state index in [2.05, 4.69) is 0 Å². The SMILES string of the molecule is O=C(CC(c1ccccc1)c1ccccc1)N1CCCC1CS(=O)(=O)c1ccccc1. The van der Waals surface area contributed by atoms with Gasteiger partial charge in [0.05, 0.1) is 10.6 Å². The number of amides is 1. The van der Waals surface area contributed by atoms with Crippen LogP contribution in [0.25, 0.3) is 0 Å². The average molecular weight is 434 g/mol. The minimum Gasteiger partial charge on any atom is -0.339 e. The fourth-order valence-electron chi connectivity index (χ4n) is 4.41. The van der Waals surface area contributed by atoms with Crippen molar-refractivity contribution in [2.75, 3.05) is 12.3 Å². The van der Waals surface area contributed by atoms with Crippen LogP contribution in [0.4, 0.5) is 0 Å². The highest BCUT2D eigenvalue weighted by atomic mass is 32.2. The Balaban J connectivity index is 1.53. The quantitative estimate of drug-likeness (QED) is 0.544. The van der Waals surface area contributed by atoms with E-state index in [0.717, 1.165) is 24.0 Å². The van der Waals surface area contributed by atoms with Gasteiger partial charge in [0, 0.05) is 24.9 Å². The van der Waals surface area contributed by atoms with E-state index in [1.54, 1.807) is 35.2 Å². The van der Waals surface area contributed by atoms with Crippen molar-refractivity contribution in [2.24, 2.45) is 0 Å². The van der Waals surface area contributed by atoms with Gasteiger partial charge in [0.1, 0.15) is 0 Å². The summed E-state index contributed by atoms with van der Waals surface area (Å²) in [4.78, 5) is 15.5. The molecule has 0 bridgehead atoms. The zero-order valence-electron chi connectivity index (χ0n) is 17.4. The molecular formula is C26H27NO3S. The number of hydrogen-bond acceptors (Lipinski definition) is 3. The highest BCUT2D eigenvalue weighted by Gasteiger charge is 2.34. The molecule has 0 spiro atoms. The van der Waals surface area contributed by atoms with Crippen molar-refractivity contribution in [3.63, 3.8) is 0 Å². The molecule has 0 radical (unpaired) electrons. The molecule has 1 fully saturated rings. The van der Waals surface area contributed by atoms with Gasteiger partial charge in [-0.15, -0.1) is 0 Å². The second-order valence-electron chi connectivity index (χ2n) is 8.06. The zero-order valence-corrected chi connectivity index (χ0v) is 18.2. The highest BCUT2D eigenvalue weighted by Crippen LogP contribution is 2.31. The van der Waals surface area contributed by atoms with Crippen LogP contribution in [0.3, 0.4) is 0 Å². The van der Waals surface area contributed by atoms with Crippen LogP contribution in [0.1, 0.15) is 36.3 Å². The number of hydrogen-bond donors (Lipinski definition) is 0. The third-order valence-corrected chi connectivity index (χ3v) is 7.81. The van der Waals surface area contributed by atoms with Crippen LogP contribution in [-0.2, 0) is 14.6 Å². The zero-order chi connectivity index (χ0) is 21.7. The number of rotatable bonds is 7. The van der Waals surface area contributed by atoms with Gasteiger partial charge in [-0.2, -0.15) is 0 Å². The Kier molecular flexibility index (Phi) is 6.52. The molecule has 31 heavy (non-hydrogen) atoms. The van der Waals surface area contributed by atoms with Gasteiger partial charge in [-0.1, -0.05) is 78.9 Å². The third-order valence-electron chi connectivity index (χ3n) is 5.99. The fraction of sp³-hybridized carbons (Fsp3) is 0.269. The van der Waals surface area contributed by atoms with E-state index in [0.29, 0.717) is 17.9 Å². The monoisotopic (exact) mass is 433 g/mol. The summed E-state index contributed by atoms with van der Waals surface area (Å²) in [6.07, 6.45) is 1.89. The lowest BCUT2D eigenvalue weighted by Crippen LogP contribution is -2.40. The van der Waals surface area contributed by atoms with Crippen molar-refractivity contribution in [1.29, 1.82) is 0 Å². The summed E-state index contributed by atoms with van der Waals surface area (Å²) in [5.41, 5.74) is 2.18. The van der Waals surface area contributed by atoms with Gasteiger partial charge < -0.3 is 4.90 Å². The maximum Gasteiger partial charge on any atom is 0.223 e. The minimum absolute atomic E-state index is 0.0171. The van der Waals surface area contributed by atoms with E-state index in [-0.39, 0.29) is 23.6 Å². The first-order chi connectivity index (χ1) is 15.0. The summed E-state index contributed by atoms with van der Waals surface area (Å²) in [6.45, 7) is 0.615. The summed E-state index contributed by atoms with van der Waals surface area (Å²) in [7, 11) is -3.44. The maximum atomic E-state index is 13.4. The maximum absolute atomic E-state index is 13.4. The number of sulfone groups is 1. The average Bonchev–Trinajstić information content (AvgIpc) is 3.26. The standard InChI is InChI=1S/C26H27NO3S/c28-26(19-25(21-11-4-1-5-12-21)22-13-6-2-7-14-22)27-18-10-15-23(27)20-31(29,30)24-16-8-3-9-17-24/h1-9,11-14,16-17,23,25H,10,15,18-20H2. The van der Waals surface area contributed by atoms with Crippen molar-refractivity contribution >= 4 is 15.7 Å². The molecule has 1 aliphatic rings. The molecule has 0 saturated carbocycles. The van der Waals surface area contributed by atoms with Crippen molar-refractivity contribution in [2.45, 2.75) is 36.1 Å². The molecule has 1 unspecified atom stereocenters. The molecule has 1 heterocycles. The van der Waals surface area contributed by atoms with E-state index < -0.39 is 9.84 Å². The van der Waals surface area contributed by atoms with Crippen LogP contribution in [0.5, 0.6) is 0 Å². The molecule has 1 amide bonds. The molecule has 5 heteroatoms.